The maximum absolute atomic E-state index is 6.04. The SMILES string of the molecule is NNC(c1cc(Cl)ccc1Br)C1CCCC1. The summed E-state index contributed by atoms with van der Waals surface area (Å²) in [6.07, 6.45) is 5.10. The smallest absolute Gasteiger partial charge is 0.0499 e. The molecule has 16 heavy (non-hydrogen) atoms. The molecule has 0 saturated heterocycles. The Bertz CT molecular complexity index is 364. The standard InChI is InChI=1S/C12H16BrClN2/c13-11-6-5-9(14)7-10(11)12(16-15)8-3-1-2-4-8/h5-8,12,16H,1-4,15H2. The van der Waals surface area contributed by atoms with Gasteiger partial charge in [-0.05, 0) is 42.5 Å². The van der Waals surface area contributed by atoms with Gasteiger partial charge in [-0.15, -0.1) is 0 Å². The Hall–Kier alpha value is -0.0900. The van der Waals surface area contributed by atoms with E-state index in [9.17, 15) is 0 Å². The van der Waals surface area contributed by atoms with Crippen LogP contribution in [0.1, 0.15) is 37.3 Å². The van der Waals surface area contributed by atoms with Crippen molar-refractivity contribution in [2.75, 3.05) is 0 Å². The molecular weight excluding hydrogens is 288 g/mol. The lowest BCUT2D eigenvalue weighted by Gasteiger charge is -2.24. The van der Waals surface area contributed by atoms with E-state index in [4.69, 9.17) is 17.4 Å². The van der Waals surface area contributed by atoms with E-state index in [1.807, 2.05) is 18.2 Å². The van der Waals surface area contributed by atoms with Gasteiger partial charge in [-0.1, -0.05) is 40.4 Å². The molecule has 0 aliphatic heterocycles. The van der Waals surface area contributed by atoms with Gasteiger partial charge in [0.1, 0.15) is 0 Å². The second-order valence-corrected chi connectivity index (χ2v) is 5.65. The van der Waals surface area contributed by atoms with Gasteiger partial charge >= 0.3 is 0 Å². The van der Waals surface area contributed by atoms with Crippen molar-refractivity contribution in [2.24, 2.45) is 11.8 Å². The van der Waals surface area contributed by atoms with Gasteiger partial charge in [-0.25, -0.2) is 0 Å². The summed E-state index contributed by atoms with van der Waals surface area (Å²) in [6, 6.07) is 6.07. The van der Waals surface area contributed by atoms with E-state index in [1.165, 1.54) is 31.2 Å². The Morgan fingerprint density at radius 3 is 2.69 bits per heavy atom. The van der Waals surface area contributed by atoms with Crippen LogP contribution in [0, 0.1) is 5.92 Å². The van der Waals surface area contributed by atoms with Crippen LogP contribution < -0.4 is 11.3 Å². The number of halogens is 2. The van der Waals surface area contributed by atoms with Crippen LogP contribution in [0.15, 0.2) is 22.7 Å². The lowest BCUT2D eigenvalue weighted by molar-refractivity contribution is 0.372. The van der Waals surface area contributed by atoms with E-state index >= 15 is 0 Å². The summed E-state index contributed by atoms with van der Waals surface area (Å²) in [5.74, 6) is 6.31. The Balaban J connectivity index is 2.28. The van der Waals surface area contributed by atoms with Gasteiger partial charge in [0.15, 0.2) is 0 Å². The van der Waals surface area contributed by atoms with Crippen LogP contribution >= 0.6 is 27.5 Å². The molecule has 0 spiro atoms. The summed E-state index contributed by atoms with van der Waals surface area (Å²) in [7, 11) is 0. The van der Waals surface area contributed by atoms with Gasteiger partial charge in [-0.3, -0.25) is 11.3 Å². The zero-order valence-electron chi connectivity index (χ0n) is 9.05. The maximum Gasteiger partial charge on any atom is 0.0499 e. The van der Waals surface area contributed by atoms with E-state index in [-0.39, 0.29) is 6.04 Å². The van der Waals surface area contributed by atoms with Crippen molar-refractivity contribution < 1.29 is 0 Å². The minimum atomic E-state index is 0.204. The fraction of sp³-hybridized carbons (Fsp3) is 0.500. The van der Waals surface area contributed by atoms with Crippen LogP contribution in [0.25, 0.3) is 0 Å². The second kappa shape index (κ2) is 5.50. The van der Waals surface area contributed by atoms with Crippen LogP contribution in [0.4, 0.5) is 0 Å². The molecule has 0 aromatic heterocycles. The Morgan fingerprint density at radius 2 is 2.06 bits per heavy atom. The summed E-state index contributed by atoms with van der Waals surface area (Å²) in [5.41, 5.74) is 4.11. The average molecular weight is 304 g/mol. The van der Waals surface area contributed by atoms with Crippen molar-refractivity contribution in [3.63, 3.8) is 0 Å². The van der Waals surface area contributed by atoms with Crippen molar-refractivity contribution in [1.82, 2.24) is 5.43 Å². The van der Waals surface area contributed by atoms with Crippen LogP contribution in [0.5, 0.6) is 0 Å². The number of rotatable bonds is 3. The molecule has 0 bridgehead atoms. The third kappa shape index (κ3) is 2.59. The first kappa shape index (κ1) is 12.4. The van der Waals surface area contributed by atoms with E-state index in [0.29, 0.717) is 5.92 Å². The van der Waals surface area contributed by atoms with Gasteiger partial charge < -0.3 is 0 Å². The van der Waals surface area contributed by atoms with Crippen molar-refractivity contribution in [2.45, 2.75) is 31.7 Å². The molecule has 1 atom stereocenters. The van der Waals surface area contributed by atoms with E-state index in [2.05, 4.69) is 21.4 Å². The zero-order chi connectivity index (χ0) is 11.5. The first-order chi connectivity index (χ1) is 7.72. The highest BCUT2D eigenvalue weighted by Crippen LogP contribution is 2.38. The molecule has 3 N–H and O–H groups in total. The number of nitrogens with one attached hydrogen (secondary N) is 1. The summed E-state index contributed by atoms with van der Waals surface area (Å²) >= 11 is 9.60. The van der Waals surface area contributed by atoms with Crippen molar-refractivity contribution in [1.29, 1.82) is 0 Å². The molecule has 1 fully saturated rings. The highest BCUT2D eigenvalue weighted by molar-refractivity contribution is 9.10. The van der Waals surface area contributed by atoms with E-state index in [0.717, 1.165) is 9.50 Å². The highest BCUT2D eigenvalue weighted by atomic mass is 79.9. The van der Waals surface area contributed by atoms with Gasteiger partial charge in [0.25, 0.3) is 0 Å². The van der Waals surface area contributed by atoms with Crippen molar-refractivity contribution >= 4 is 27.5 Å². The molecule has 1 aromatic rings. The monoisotopic (exact) mass is 302 g/mol. The van der Waals surface area contributed by atoms with E-state index in [1.54, 1.807) is 0 Å². The van der Waals surface area contributed by atoms with Gasteiger partial charge in [0.2, 0.25) is 0 Å². The molecule has 2 nitrogen and oxygen atoms in total. The molecular formula is C12H16BrClN2. The largest absolute Gasteiger partial charge is 0.271 e. The Morgan fingerprint density at radius 1 is 1.38 bits per heavy atom. The number of benzene rings is 1. The normalized spacial score (nSPS) is 18.9. The van der Waals surface area contributed by atoms with Crippen LogP contribution in [-0.2, 0) is 0 Å². The lowest BCUT2D eigenvalue weighted by atomic mass is 9.92. The predicted octanol–water partition coefficient (Wildman–Crippen LogP) is 3.80. The minimum absolute atomic E-state index is 0.204. The maximum atomic E-state index is 6.04. The molecule has 88 valence electrons. The topological polar surface area (TPSA) is 38.0 Å². The molecule has 1 aliphatic rings. The Labute approximate surface area is 110 Å². The number of hydrogen-bond donors (Lipinski definition) is 2. The summed E-state index contributed by atoms with van der Waals surface area (Å²) in [6.45, 7) is 0. The van der Waals surface area contributed by atoms with Crippen molar-refractivity contribution in [3.8, 4) is 0 Å². The first-order valence-electron chi connectivity index (χ1n) is 5.63. The Kier molecular flexibility index (Phi) is 4.25. The summed E-state index contributed by atoms with van der Waals surface area (Å²) in [4.78, 5) is 0. The quantitative estimate of drug-likeness (QED) is 0.658. The zero-order valence-corrected chi connectivity index (χ0v) is 11.4. The van der Waals surface area contributed by atoms with Gasteiger partial charge in [0.05, 0.1) is 0 Å². The molecule has 1 unspecified atom stereocenters. The predicted molar refractivity (Wildman–Crippen MR) is 71.2 cm³/mol. The molecule has 0 heterocycles. The van der Waals surface area contributed by atoms with Crippen LogP contribution in [0.3, 0.4) is 0 Å². The average Bonchev–Trinajstić information content (AvgIpc) is 2.78. The fourth-order valence-electron chi connectivity index (χ4n) is 2.52. The third-order valence-electron chi connectivity index (χ3n) is 3.34. The minimum Gasteiger partial charge on any atom is -0.271 e. The second-order valence-electron chi connectivity index (χ2n) is 4.35. The number of nitrogens with two attached hydrogens (primary N) is 1. The third-order valence-corrected chi connectivity index (χ3v) is 4.30. The summed E-state index contributed by atoms with van der Waals surface area (Å²) < 4.78 is 1.08. The molecule has 1 aliphatic carbocycles. The summed E-state index contributed by atoms with van der Waals surface area (Å²) in [5, 5.41) is 0.761. The highest BCUT2D eigenvalue weighted by Gasteiger charge is 2.26. The van der Waals surface area contributed by atoms with Crippen molar-refractivity contribution in [3.05, 3.63) is 33.3 Å². The van der Waals surface area contributed by atoms with Crippen LogP contribution in [-0.4, -0.2) is 0 Å². The molecule has 0 amide bonds. The van der Waals surface area contributed by atoms with Gasteiger partial charge in [0, 0.05) is 15.5 Å². The molecule has 0 radical (unpaired) electrons. The molecule has 1 saturated carbocycles. The van der Waals surface area contributed by atoms with Gasteiger partial charge in [-0.2, -0.15) is 0 Å². The molecule has 2 rings (SSSR count). The molecule has 4 heteroatoms. The number of hydrazine groups is 1. The first-order valence-corrected chi connectivity index (χ1v) is 6.80. The lowest BCUT2D eigenvalue weighted by Crippen LogP contribution is -2.32. The van der Waals surface area contributed by atoms with E-state index < -0.39 is 0 Å². The number of hydrogen-bond acceptors (Lipinski definition) is 2. The molecule has 1 aromatic carbocycles. The van der Waals surface area contributed by atoms with Crippen LogP contribution in [0.2, 0.25) is 5.02 Å². The fourth-order valence-corrected chi connectivity index (χ4v) is 3.20.